The number of sulfonamides is 1. The lowest BCUT2D eigenvalue weighted by Gasteiger charge is -2.34. The highest BCUT2D eigenvalue weighted by molar-refractivity contribution is 7.89. The largest absolute Gasteiger partial charge is 0.346 e. The van der Waals surface area contributed by atoms with Crippen molar-refractivity contribution in [2.75, 3.05) is 6.54 Å². The first-order valence-electron chi connectivity index (χ1n) is 6.84. The first kappa shape index (κ1) is 14.6. The lowest BCUT2D eigenvalue weighted by molar-refractivity contribution is 0.280. The standard InChI is InChI=1S/C15H17ClN2O2S/c1-11-3-8-15-12(2)18(10-9-17(11)15)21(19,20)14-6-4-13(16)5-7-14/h3-8,12H,9-10H2,1-2H3/t12-/m0/s1. The van der Waals surface area contributed by atoms with E-state index in [9.17, 15) is 8.42 Å². The van der Waals surface area contributed by atoms with E-state index in [1.807, 2.05) is 26.0 Å². The fraction of sp³-hybridized carbons (Fsp3) is 0.333. The molecule has 0 N–H and O–H groups in total. The van der Waals surface area contributed by atoms with Crippen molar-refractivity contribution in [1.82, 2.24) is 8.87 Å². The minimum Gasteiger partial charge on any atom is -0.346 e. The van der Waals surface area contributed by atoms with Crippen LogP contribution in [0.5, 0.6) is 0 Å². The minimum atomic E-state index is -3.50. The number of aryl methyl sites for hydroxylation is 1. The second kappa shape index (κ2) is 5.16. The van der Waals surface area contributed by atoms with E-state index in [1.54, 1.807) is 28.6 Å². The molecule has 1 aromatic carbocycles. The van der Waals surface area contributed by atoms with Crippen LogP contribution in [0, 0.1) is 6.92 Å². The molecular formula is C15H17ClN2O2S. The van der Waals surface area contributed by atoms with Crippen molar-refractivity contribution in [1.29, 1.82) is 0 Å². The highest BCUT2D eigenvalue weighted by Gasteiger charge is 2.34. The minimum absolute atomic E-state index is 0.173. The van der Waals surface area contributed by atoms with Gasteiger partial charge in [0.1, 0.15) is 0 Å². The van der Waals surface area contributed by atoms with Crippen LogP contribution in [0.3, 0.4) is 0 Å². The maximum Gasteiger partial charge on any atom is 0.243 e. The van der Waals surface area contributed by atoms with Crippen LogP contribution in [0.25, 0.3) is 0 Å². The molecule has 6 heteroatoms. The summed E-state index contributed by atoms with van der Waals surface area (Å²) >= 11 is 5.83. The zero-order valence-corrected chi connectivity index (χ0v) is 13.5. The summed E-state index contributed by atoms with van der Waals surface area (Å²) < 4.78 is 29.3. The summed E-state index contributed by atoms with van der Waals surface area (Å²) in [5.74, 6) is 0. The smallest absolute Gasteiger partial charge is 0.243 e. The van der Waals surface area contributed by atoms with Crippen LogP contribution in [0.2, 0.25) is 5.02 Å². The third-order valence-electron chi connectivity index (χ3n) is 4.06. The van der Waals surface area contributed by atoms with E-state index < -0.39 is 10.0 Å². The van der Waals surface area contributed by atoms with E-state index in [-0.39, 0.29) is 10.9 Å². The fourth-order valence-electron chi connectivity index (χ4n) is 2.87. The molecule has 0 saturated heterocycles. The van der Waals surface area contributed by atoms with Gasteiger partial charge in [-0.05, 0) is 50.2 Å². The molecule has 4 nitrogen and oxygen atoms in total. The summed E-state index contributed by atoms with van der Waals surface area (Å²) in [6.07, 6.45) is 0. The Balaban J connectivity index is 1.99. The van der Waals surface area contributed by atoms with Crippen molar-refractivity contribution in [3.8, 4) is 0 Å². The number of halogens is 1. The highest BCUT2D eigenvalue weighted by atomic mass is 35.5. The fourth-order valence-corrected chi connectivity index (χ4v) is 4.59. The van der Waals surface area contributed by atoms with Gasteiger partial charge in [-0.1, -0.05) is 11.6 Å². The zero-order valence-electron chi connectivity index (χ0n) is 12.0. The van der Waals surface area contributed by atoms with Crippen LogP contribution in [0.15, 0.2) is 41.3 Å². The number of aromatic nitrogens is 1. The Kier molecular flexibility index (Phi) is 3.59. The van der Waals surface area contributed by atoms with E-state index in [1.165, 1.54) is 5.69 Å². The molecule has 0 saturated carbocycles. The van der Waals surface area contributed by atoms with Crippen LogP contribution in [0.1, 0.15) is 24.4 Å². The van der Waals surface area contributed by atoms with E-state index in [2.05, 4.69) is 4.57 Å². The Morgan fingerprint density at radius 1 is 1.10 bits per heavy atom. The van der Waals surface area contributed by atoms with Crippen molar-refractivity contribution in [3.63, 3.8) is 0 Å². The third-order valence-corrected chi connectivity index (χ3v) is 6.29. The van der Waals surface area contributed by atoms with Crippen LogP contribution < -0.4 is 0 Å². The lowest BCUT2D eigenvalue weighted by Crippen LogP contribution is -2.40. The topological polar surface area (TPSA) is 42.3 Å². The molecule has 0 bridgehead atoms. The molecule has 1 atom stereocenters. The van der Waals surface area contributed by atoms with Crippen LogP contribution >= 0.6 is 11.6 Å². The van der Waals surface area contributed by atoms with Crippen molar-refractivity contribution < 1.29 is 8.42 Å². The molecule has 1 aromatic heterocycles. The van der Waals surface area contributed by atoms with Gasteiger partial charge in [-0.2, -0.15) is 4.31 Å². The van der Waals surface area contributed by atoms with Crippen LogP contribution in [-0.4, -0.2) is 23.8 Å². The second-order valence-corrected chi connectivity index (χ2v) is 7.62. The number of nitrogens with zero attached hydrogens (tertiary/aromatic N) is 2. The lowest BCUT2D eigenvalue weighted by atomic mass is 10.2. The van der Waals surface area contributed by atoms with Gasteiger partial charge in [-0.3, -0.25) is 0 Å². The van der Waals surface area contributed by atoms with Gasteiger partial charge in [0, 0.05) is 29.5 Å². The second-order valence-electron chi connectivity index (χ2n) is 5.30. The average molecular weight is 325 g/mol. The van der Waals surface area contributed by atoms with Gasteiger partial charge in [-0.15, -0.1) is 0 Å². The maximum absolute atomic E-state index is 12.8. The van der Waals surface area contributed by atoms with Crippen molar-refractivity contribution >= 4 is 21.6 Å². The molecule has 1 aliphatic rings. The number of benzene rings is 1. The Bertz CT molecular complexity index is 765. The number of fused-ring (bicyclic) bond motifs is 1. The van der Waals surface area contributed by atoms with Gasteiger partial charge in [0.15, 0.2) is 0 Å². The van der Waals surface area contributed by atoms with Crippen molar-refractivity contribution in [2.45, 2.75) is 31.3 Å². The summed E-state index contributed by atoms with van der Waals surface area (Å²) in [5, 5.41) is 0.533. The molecule has 1 aliphatic heterocycles. The van der Waals surface area contributed by atoms with Gasteiger partial charge < -0.3 is 4.57 Å². The Labute approximate surface area is 130 Å². The molecule has 0 unspecified atom stereocenters. The number of hydrogen-bond acceptors (Lipinski definition) is 2. The number of hydrogen-bond donors (Lipinski definition) is 0. The molecule has 0 fully saturated rings. The predicted molar refractivity (Wildman–Crippen MR) is 82.9 cm³/mol. The molecule has 0 radical (unpaired) electrons. The molecule has 0 aliphatic carbocycles. The summed E-state index contributed by atoms with van der Waals surface area (Å²) in [6.45, 7) is 5.14. The summed E-state index contributed by atoms with van der Waals surface area (Å²) in [4.78, 5) is 0.287. The van der Waals surface area contributed by atoms with E-state index in [4.69, 9.17) is 11.6 Å². The van der Waals surface area contributed by atoms with E-state index in [0.29, 0.717) is 18.1 Å². The molecular weight excluding hydrogens is 308 g/mol. The molecule has 2 heterocycles. The quantitative estimate of drug-likeness (QED) is 0.851. The highest BCUT2D eigenvalue weighted by Crippen LogP contribution is 2.32. The Morgan fingerprint density at radius 3 is 2.43 bits per heavy atom. The van der Waals surface area contributed by atoms with Gasteiger partial charge in [0.2, 0.25) is 10.0 Å². The average Bonchev–Trinajstić information content (AvgIpc) is 2.82. The first-order valence-corrected chi connectivity index (χ1v) is 8.66. The van der Waals surface area contributed by atoms with E-state index in [0.717, 1.165) is 5.69 Å². The molecule has 21 heavy (non-hydrogen) atoms. The molecule has 2 aromatic rings. The normalized spacial score (nSPS) is 19.5. The van der Waals surface area contributed by atoms with Crippen LogP contribution in [0.4, 0.5) is 0 Å². The van der Waals surface area contributed by atoms with Crippen molar-refractivity contribution in [3.05, 3.63) is 52.8 Å². The first-order chi connectivity index (χ1) is 9.91. The molecule has 0 spiro atoms. The predicted octanol–water partition coefficient (Wildman–Crippen LogP) is 3.22. The van der Waals surface area contributed by atoms with E-state index >= 15 is 0 Å². The third kappa shape index (κ3) is 2.39. The maximum atomic E-state index is 12.8. The SMILES string of the molecule is Cc1ccc2n1CCN(S(=O)(=O)c1ccc(Cl)cc1)[C@H]2C. The Hall–Kier alpha value is -1.30. The van der Waals surface area contributed by atoms with Gasteiger partial charge >= 0.3 is 0 Å². The van der Waals surface area contributed by atoms with Gasteiger partial charge in [-0.25, -0.2) is 8.42 Å². The summed E-state index contributed by atoms with van der Waals surface area (Å²) in [7, 11) is -3.50. The molecule has 3 rings (SSSR count). The zero-order chi connectivity index (χ0) is 15.2. The summed E-state index contributed by atoms with van der Waals surface area (Å²) in [5.41, 5.74) is 2.21. The Morgan fingerprint density at radius 2 is 1.76 bits per heavy atom. The molecule has 112 valence electrons. The monoisotopic (exact) mass is 324 g/mol. The van der Waals surface area contributed by atoms with Crippen molar-refractivity contribution in [2.24, 2.45) is 0 Å². The van der Waals surface area contributed by atoms with Gasteiger partial charge in [0.25, 0.3) is 0 Å². The van der Waals surface area contributed by atoms with Gasteiger partial charge in [0.05, 0.1) is 10.9 Å². The number of rotatable bonds is 2. The van der Waals surface area contributed by atoms with Crippen LogP contribution in [-0.2, 0) is 16.6 Å². The summed E-state index contributed by atoms with van der Waals surface area (Å²) in [6, 6.07) is 10.2. The molecule has 0 amide bonds.